The fourth-order valence-electron chi connectivity index (χ4n) is 10.8. The smallest absolute Gasteiger partial charge is 0.320 e. The van der Waals surface area contributed by atoms with Crippen LogP contribution in [0.4, 0.5) is 0 Å². The van der Waals surface area contributed by atoms with E-state index >= 15 is 0 Å². The first-order valence-electron chi connectivity index (χ1n) is 17.2. The molecular formula is C36H63NO6. The molecule has 43 heavy (non-hydrogen) atoms. The Morgan fingerprint density at radius 1 is 1.02 bits per heavy atom. The number of hydrogen-bond donors (Lipinski definition) is 1. The molecule has 0 aromatic carbocycles. The van der Waals surface area contributed by atoms with Gasteiger partial charge >= 0.3 is 11.9 Å². The quantitative estimate of drug-likeness (QED) is 0.295. The summed E-state index contributed by atoms with van der Waals surface area (Å²) in [7, 11) is 3.82. The van der Waals surface area contributed by atoms with Crippen LogP contribution in [0, 0.1) is 45.8 Å². The molecule has 3 saturated carbocycles. The number of aliphatic hydroxyl groups is 1. The molecule has 1 heterocycles. The third-order valence-corrected chi connectivity index (χ3v) is 13.0. The van der Waals surface area contributed by atoms with Crippen LogP contribution in [0.15, 0.2) is 0 Å². The number of nitrogens with zero attached hydrogens (tertiary/aromatic N) is 1. The van der Waals surface area contributed by atoms with Crippen molar-refractivity contribution < 1.29 is 28.9 Å². The molecule has 1 N–H and O–H groups in total. The first kappa shape index (κ1) is 34.7. The van der Waals surface area contributed by atoms with Crippen molar-refractivity contribution in [3.8, 4) is 0 Å². The average Bonchev–Trinajstić information content (AvgIpc) is 3.10. The minimum Gasteiger partial charge on any atom is -0.461 e. The summed E-state index contributed by atoms with van der Waals surface area (Å²) in [4.78, 5) is 26.5. The highest BCUT2D eigenvalue weighted by Crippen LogP contribution is 2.69. The lowest BCUT2D eigenvalue weighted by molar-refractivity contribution is -0.208. The van der Waals surface area contributed by atoms with Crippen LogP contribution in [0.5, 0.6) is 0 Å². The van der Waals surface area contributed by atoms with Crippen molar-refractivity contribution in [1.82, 2.24) is 4.90 Å². The number of carbonyl (C=O) groups is 2. The SMILES string of the molecule is CC(=O)O[C@@H]([C@H]1C[C@@H](C)C2C(C[C@@]3(C)[C@H](CCC4C(C)CC[C@H](OC(=O)CN(C)C)C4(C)C)CCC[C@]23C)O1)C(C)(C)O. The van der Waals surface area contributed by atoms with Gasteiger partial charge in [-0.05, 0) is 120 Å². The zero-order valence-electron chi connectivity index (χ0n) is 29.2. The van der Waals surface area contributed by atoms with E-state index in [-0.39, 0.29) is 46.5 Å². The van der Waals surface area contributed by atoms with E-state index in [4.69, 9.17) is 14.2 Å². The maximum absolute atomic E-state index is 12.6. The van der Waals surface area contributed by atoms with Crippen LogP contribution in [0.3, 0.4) is 0 Å². The molecule has 1 saturated heterocycles. The van der Waals surface area contributed by atoms with Gasteiger partial charge in [-0.2, -0.15) is 0 Å². The van der Waals surface area contributed by atoms with Gasteiger partial charge in [-0.25, -0.2) is 0 Å². The molecular weight excluding hydrogens is 542 g/mol. The van der Waals surface area contributed by atoms with E-state index < -0.39 is 11.7 Å². The summed E-state index contributed by atoms with van der Waals surface area (Å²) < 4.78 is 18.7. The second-order valence-corrected chi connectivity index (χ2v) is 17.0. The fourth-order valence-corrected chi connectivity index (χ4v) is 10.8. The summed E-state index contributed by atoms with van der Waals surface area (Å²) in [5.74, 6) is 2.12. The maximum Gasteiger partial charge on any atom is 0.320 e. The summed E-state index contributed by atoms with van der Waals surface area (Å²) >= 11 is 0. The largest absolute Gasteiger partial charge is 0.461 e. The summed E-state index contributed by atoms with van der Waals surface area (Å²) in [6.45, 7) is 19.7. The zero-order chi connectivity index (χ0) is 32.1. The summed E-state index contributed by atoms with van der Waals surface area (Å²) in [5, 5.41) is 10.9. The molecule has 0 aromatic heterocycles. The number of carbonyl (C=O) groups excluding carboxylic acids is 2. The van der Waals surface area contributed by atoms with Gasteiger partial charge in [0.05, 0.1) is 24.4 Å². The number of hydrogen-bond acceptors (Lipinski definition) is 7. The highest BCUT2D eigenvalue weighted by atomic mass is 16.6. The van der Waals surface area contributed by atoms with Crippen LogP contribution < -0.4 is 0 Å². The molecule has 0 spiro atoms. The van der Waals surface area contributed by atoms with Crippen molar-refractivity contribution in [2.45, 2.75) is 150 Å². The highest BCUT2D eigenvalue weighted by Gasteiger charge is 2.66. The topological polar surface area (TPSA) is 85.3 Å². The summed E-state index contributed by atoms with van der Waals surface area (Å²) in [5.41, 5.74) is -0.883. The molecule has 4 unspecified atom stereocenters. The molecule has 3 aliphatic carbocycles. The molecule has 0 aromatic rings. The molecule has 248 valence electrons. The minimum atomic E-state index is -1.17. The molecule has 7 nitrogen and oxygen atoms in total. The first-order valence-corrected chi connectivity index (χ1v) is 17.2. The molecule has 11 atom stereocenters. The Morgan fingerprint density at radius 3 is 2.30 bits per heavy atom. The van der Waals surface area contributed by atoms with Crippen LogP contribution >= 0.6 is 0 Å². The van der Waals surface area contributed by atoms with Crippen molar-refractivity contribution in [3.63, 3.8) is 0 Å². The highest BCUT2D eigenvalue weighted by molar-refractivity contribution is 5.71. The minimum absolute atomic E-state index is 0.0326. The van der Waals surface area contributed by atoms with Gasteiger partial charge in [0, 0.05) is 12.3 Å². The first-order chi connectivity index (χ1) is 19.8. The Hall–Kier alpha value is -1.18. The van der Waals surface area contributed by atoms with E-state index in [0.717, 1.165) is 32.1 Å². The Balaban J connectivity index is 1.51. The Kier molecular flexibility index (Phi) is 10.1. The average molecular weight is 606 g/mol. The van der Waals surface area contributed by atoms with Crippen LogP contribution in [-0.4, -0.2) is 72.6 Å². The van der Waals surface area contributed by atoms with Gasteiger partial charge in [-0.3, -0.25) is 14.5 Å². The lowest BCUT2D eigenvalue weighted by atomic mass is 9.50. The molecule has 0 bridgehead atoms. The number of fused-ring (bicyclic) bond motifs is 3. The molecule has 4 rings (SSSR count). The van der Waals surface area contributed by atoms with Crippen molar-refractivity contribution in [3.05, 3.63) is 0 Å². The molecule has 7 heteroatoms. The number of rotatable bonds is 9. The monoisotopic (exact) mass is 605 g/mol. The van der Waals surface area contributed by atoms with Gasteiger partial charge in [0.25, 0.3) is 0 Å². The third-order valence-electron chi connectivity index (χ3n) is 13.0. The van der Waals surface area contributed by atoms with Crippen molar-refractivity contribution in [2.24, 2.45) is 45.8 Å². The Bertz CT molecular complexity index is 1000. The normalized spacial score (nSPS) is 41.7. The Morgan fingerprint density at radius 2 is 1.70 bits per heavy atom. The number of likely N-dealkylation sites (N-methyl/N-ethyl adjacent to an activating group) is 1. The van der Waals surface area contributed by atoms with Gasteiger partial charge in [0.1, 0.15) is 6.10 Å². The second-order valence-electron chi connectivity index (χ2n) is 17.0. The second kappa shape index (κ2) is 12.5. The lowest BCUT2D eigenvalue weighted by Gasteiger charge is -2.55. The summed E-state index contributed by atoms with van der Waals surface area (Å²) in [6.07, 6.45) is 9.05. The fraction of sp³-hybridized carbons (Fsp3) is 0.944. The number of esters is 2. The van der Waals surface area contributed by atoms with Gasteiger partial charge < -0.3 is 19.3 Å². The van der Waals surface area contributed by atoms with Gasteiger partial charge in [-0.1, -0.05) is 48.0 Å². The van der Waals surface area contributed by atoms with E-state index in [1.807, 2.05) is 19.0 Å². The molecule has 4 aliphatic rings. The van der Waals surface area contributed by atoms with E-state index in [0.29, 0.717) is 36.1 Å². The van der Waals surface area contributed by atoms with Crippen molar-refractivity contribution in [1.29, 1.82) is 0 Å². The standard InChI is InChI=1S/C36H63NO6/c1-22-14-17-29(43-30(39)21-37(10)11)33(4,5)26(22)16-15-25-13-12-18-35(8)31-23(2)19-27(42-28(31)20-36(25,35)9)32(34(6,7)40)41-24(3)38/h22-23,25-29,31-32,40H,12-21H2,1-11H3/t22?,23-,25+,26?,27-,28?,29+,31?,32+,35-,36+/m1/s1. The summed E-state index contributed by atoms with van der Waals surface area (Å²) in [6, 6.07) is 0. The molecule has 4 fully saturated rings. The zero-order valence-corrected chi connectivity index (χ0v) is 29.2. The third kappa shape index (κ3) is 6.70. The van der Waals surface area contributed by atoms with Crippen LogP contribution in [0.2, 0.25) is 0 Å². The van der Waals surface area contributed by atoms with Crippen LogP contribution in [0.1, 0.15) is 120 Å². The van der Waals surface area contributed by atoms with Crippen LogP contribution in [-0.2, 0) is 23.8 Å². The van der Waals surface area contributed by atoms with E-state index in [1.165, 1.54) is 32.6 Å². The maximum atomic E-state index is 12.6. The van der Waals surface area contributed by atoms with E-state index in [9.17, 15) is 14.7 Å². The van der Waals surface area contributed by atoms with E-state index in [2.05, 4.69) is 41.5 Å². The van der Waals surface area contributed by atoms with Gasteiger partial charge in [-0.15, -0.1) is 0 Å². The molecule has 1 aliphatic heterocycles. The van der Waals surface area contributed by atoms with Crippen molar-refractivity contribution in [2.75, 3.05) is 20.6 Å². The predicted octanol–water partition coefficient (Wildman–Crippen LogP) is 6.64. The number of ether oxygens (including phenoxy) is 3. The van der Waals surface area contributed by atoms with Gasteiger partial charge in [0.15, 0.2) is 6.10 Å². The van der Waals surface area contributed by atoms with E-state index in [1.54, 1.807) is 13.8 Å². The predicted molar refractivity (Wildman–Crippen MR) is 169 cm³/mol. The molecule has 0 amide bonds. The molecule has 0 radical (unpaired) electrons. The lowest BCUT2D eigenvalue weighted by Crippen LogP contribution is -2.55. The van der Waals surface area contributed by atoms with Gasteiger partial charge in [0.2, 0.25) is 0 Å². The van der Waals surface area contributed by atoms with Crippen LogP contribution in [0.25, 0.3) is 0 Å². The van der Waals surface area contributed by atoms with Crippen molar-refractivity contribution >= 4 is 11.9 Å². The Labute approximate surface area is 262 Å².